The molecular weight excluding hydrogens is 314 g/mol. The van der Waals surface area contributed by atoms with Gasteiger partial charge in [0, 0.05) is 5.56 Å². The van der Waals surface area contributed by atoms with E-state index in [0.717, 1.165) is 16.3 Å². The van der Waals surface area contributed by atoms with Crippen LogP contribution in [0, 0.1) is 0 Å². The molecule has 0 saturated carbocycles. The molecule has 1 amide bonds. The molecule has 0 heterocycles. The van der Waals surface area contributed by atoms with E-state index in [2.05, 4.69) is 5.32 Å². The Bertz CT molecular complexity index is 940. The quantitative estimate of drug-likeness (QED) is 0.585. The third-order valence-electron chi connectivity index (χ3n) is 3.81. The number of esters is 1. The van der Waals surface area contributed by atoms with Gasteiger partial charge in [-0.2, -0.15) is 0 Å². The fourth-order valence-electron chi connectivity index (χ4n) is 2.57. The second-order valence-electron chi connectivity index (χ2n) is 5.44. The van der Waals surface area contributed by atoms with E-state index in [9.17, 15) is 9.59 Å². The van der Waals surface area contributed by atoms with E-state index in [4.69, 9.17) is 4.74 Å². The highest BCUT2D eigenvalue weighted by molar-refractivity contribution is 6.04. The van der Waals surface area contributed by atoms with Crippen LogP contribution >= 0.6 is 0 Å². The summed E-state index contributed by atoms with van der Waals surface area (Å²) in [5, 5.41) is 4.68. The largest absolute Gasteiger partial charge is 0.464 e. The Morgan fingerprint density at radius 2 is 1.56 bits per heavy atom. The van der Waals surface area contributed by atoms with Gasteiger partial charge < -0.3 is 10.1 Å². The Balaban J connectivity index is 1.99. The maximum Gasteiger partial charge on any atom is 0.354 e. The predicted octanol–water partition coefficient (Wildman–Crippen LogP) is 3.78. The normalized spacial score (nSPS) is 11.2. The molecule has 0 aliphatic rings. The number of nitrogens with one attached hydrogen (secondary N) is 1. The molecule has 4 nitrogen and oxygen atoms in total. The fourth-order valence-corrected chi connectivity index (χ4v) is 2.57. The predicted molar refractivity (Wildman–Crippen MR) is 97.8 cm³/mol. The fraction of sp³-hybridized carbons (Fsp3) is 0.0476. The van der Waals surface area contributed by atoms with Crippen LogP contribution in [0.2, 0.25) is 0 Å². The van der Waals surface area contributed by atoms with Crippen LogP contribution in [0.5, 0.6) is 0 Å². The lowest BCUT2D eigenvalue weighted by Gasteiger charge is -2.09. The van der Waals surface area contributed by atoms with E-state index in [1.807, 2.05) is 48.5 Å². The zero-order valence-corrected chi connectivity index (χ0v) is 13.7. The van der Waals surface area contributed by atoms with Gasteiger partial charge in [0.2, 0.25) is 0 Å². The lowest BCUT2D eigenvalue weighted by molar-refractivity contribution is -0.136. The topological polar surface area (TPSA) is 55.4 Å². The van der Waals surface area contributed by atoms with Crippen LogP contribution in [0.4, 0.5) is 0 Å². The van der Waals surface area contributed by atoms with E-state index < -0.39 is 5.97 Å². The van der Waals surface area contributed by atoms with E-state index in [1.165, 1.54) is 7.11 Å². The average Bonchev–Trinajstić information content (AvgIpc) is 2.67. The summed E-state index contributed by atoms with van der Waals surface area (Å²) in [6.07, 6.45) is 1.63. The summed E-state index contributed by atoms with van der Waals surface area (Å²) in [5.74, 6) is -0.963. The summed E-state index contributed by atoms with van der Waals surface area (Å²) in [7, 11) is 1.29. The number of fused-ring (bicyclic) bond motifs is 1. The molecule has 4 heteroatoms. The number of ether oxygens (including phenoxy) is 1. The van der Waals surface area contributed by atoms with Crippen LogP contribution < -0.4 is 5.32 Å². The first-order valence-electron chi connectivity index (χ1n) is 7.83. The number of benzene rings is 3. The SMILES string of the molecule is COC(=O)/C(=C\c1cccc2ccccc12)NC(=O)c1ccccc1. The zero-order chi connectivity index (χ0) is 17.6. The third-order valence-corrected chi connectivity index (χ3v) is 3.81. The summed E-state index contributed by atoms with van der Waals surface area (Å²) in [4.78, 5) is 24.5. The second kappa shape index (κ2) is 7.45. The van der Waals surface area contributed by atoms with E-state index in [-0.39, 0.29) is 11.6 Å². The molecule has 0 aliphatic carbocycles. The van der Waals surface area contributed by atoms with Crippen molar-refractivity contribution in [1.82, 2.24) is 5.32 Å². The summed E-state index contributed by atoms with van der Waals surface area (Å²) < 4.78 is 4.81. The highest BCUT2D eigenvalue weighted by Gasteiger charge is 2.15. The highest BCUT2D eigenvalue weighted by atomic mass is 16.5. The second-order valence-corrected chi connectivity index (χ2v) is 5.44. The minimum Gasteiger partial charge on any atom is -0.464 e. The van der Waals surface area contributed by atoms with Crippen molar-refractivity contribution in [2.45, 2.75) is 0 Å². The third kappa shape index (κ3) is 3.75. The number of carbonyl (C=O) groups is 2. The molecule has 0 saturated heterocycles. The minimum absolute atomic E-state index is 0.0905. The smallest absolute Gasteiger partial charge is 0.354 e. The van der Waals surface area contributed by atoms with Gasteiger partial charge in [-0.3, -0.25) is 4.79 Å². The first-order chi connectivity index (χ1) is 12.2. The summed E-state index contributed by atoms with van der Waals surface area (Å²) in [5.41, 5.74) is 1.38. The maximum absolute atomic E-state index is 12.4. The molecule has 0 fully saturated rings. The van der Waals surface area contributed by atoms with Crippen molar-refractivity contribution < 1.29 is 14.3 Å². The van der Waals surface area contributed by atoms with Crippen molar-refractivity contribution in [3.8, 4) is 0 Å². The zero-order valence-electron chi connectivity index (χ0n) is 13.7. The minimum atomic E-state index is -0.600. The molecule has 1 N–H and O–H groups in total. The van der Waals surface area contributed by atoms with Gasteiger partial charge in [-0.15, -0.1) is 0 Å². The van der Waals surface area contributed by atoms with Crippen LogP contribution in [-0.2, 0) is 9.53 Å². The van der Waals surface area contributed by atoms with Gasteiger partial charge in [0.15, 0.2) is 0 Å². The average molecular weight is 331 g/mol. The molecule has 3 rings (SSSR count). The first kappa shape index (κ1) is 16.5. The summed E-state index contributed by atoms with van der Waals surface area (Å²) in [6.45, 7) is 0. The Morgan fingerprint density at radius 3 is 2.32 bits per heavy atom. The maximum atomic E-state index is 12.4. The Kier molecular flexibility index (Phi) is 4.90. The Morgan fingerprint density at radius 1 is 0.880 bits per heavy atom. The van der Waals surface area contributed by atoms with E-state index in [1.54, 1.807) is 30.3 Å². The number of hydrogen-bond donors (Lipinski definition) is 1. The molecule has 0 unspecified atom stereocenters. The molecule has 0 bridgehead atoms. The van der Waals surface area contributed by atoms with Gasteiger partial charge in [0.05, 0.1) is 7.11 Å². The van der Waals surface area contributed by atoms with Gasteiger partial charge in [-0.1, -0.05) is 60.7 Å². The molecule has 0 aliphatic heterocycles. The summed E-state index contributed by atoms with van der Waals surface area (Å²) in [6, 6.07) is 22.3. The molecule has 0 aromatic heterocycles. The molecule has 3 aromatic rings. The standard InChI is InChI=1S/C21H17NO3/c1-25-21(24)19(22-20(23)16-9-3-2-4-10-16)14-17-12-7-11-15-8-5-6-13-18(15)17/h2-14H,1H3,(H,22,23)/b19-14+. The lowest BCUT2D eigenvalue weighted by atomic mass is 10.0. The van der Waals surface area contributed by atoms with Gasteiger partial charge in [0.1, 0.15) is 5.70 Å². The molecule has 3 aromatic carbocycles. The van der Waals surface area contributed by atoms with Crippen LogP contribution in [0.15, 0.2) is 78.5 Å². The first-order valence-corrected chi connectivity index (χ1v) is 7.83. The lowest BCUT2D eigenvalue weighted by Crippen LogP contribution is -2.28. The number of carbonyl (C=O) groups excluding carboxylic acids is 2. The van der Waals surface area contributed by atoms with Gasteiger partial charge in [0.25, 0.3) is 5.91 Å². The molecular formula is C21H17NO3. The number of amides is 1. The van der Waals surface area contributed by atoms with E-state index in [0.29, 0.717) is 5.56 Å². The van der Waals surface area contributed by atoms with Gasteiger partial charge >= 0.3 is 5.97 Å². The molecule has 25 heavy (non-hydrogen) atoms. The van der Waals surface area contributed by atoms with Crippen molar-refractivity contribution in [3.63, 3.8) is 0 Å². The Hall–Kier alpha value is -3.40. The number of hydrogen-bond acceptors (Lipinski definition) is 3. The molecule has 124 valence electrons. The van der Waals surface area contributed by atoms with Crippen molar-refractivity contribution >= 4 is 28.7 Å². The number of rotatable bonds is 4. The Labute approximate surface area is 145 Å². The molecule has 0 atom stereocenters. The van der Waals surface area contributed by atoms with Crippen molar-refractivity contribution in [2.24, 2.45) is 0 Å². The van der Waals surface area contributed by atoms with Crippen LogP contribution in [0.25, 0.3) is 16.8 Å². The van der Waals surface area contributed by atoms with Crippen molar-refractivity contribution in [1.29, 1.82) is 0 Å². The van der Waals surface area contributed by atoms with Gasteiger partial charge in [-0.05, 0) is 34.5 Å². The molecule has 0 radical (unpaired) electrons. The van der Waals surface area contributed by atoms with Crippen LogP contribution in [-0.4, -0.2) is 19.0 Å². The van der Waals surface area contributed by atoms with E-state index >= 15 is 0 Å². The van der Waals surface area contributed by atoms with Crippen molar-refractivity contribution in [2.75, 3.05) is 7.11 Å². The molecule has 0 spiro atoms. The summed E-state index contributed by atoms with van der Waals surface area (Å²) >= 11 is 0. The van der Waals surface area contributed by atoms with Crippen LogP contribution in [0.3, 0.4) is 0 Å². The number of methoxy groups -OCH3 is 1. The highest BCUT2D eigenvalue weighted by Crippen LogP contribution is 2.20. The van der Waals surface area contributed by atoms with Crippen LogP contribution in [0.1, 0.15) is 15.9 Å². The van der Waals surface area contributed by atoms with Gasteiger partial charge in [-0.25, -0.2) is 4.79 Å². The van der Waals surface area contributed by atoms with Crippen molar-refractivity contribution in [3.05, 3.63) is 89.6 Å². The monoisotopic (exact) mass is 331 g/mol.